The SMILES string of the molecule is COC(=O)[C@H]1c2cc3c(c(O)c2[C@H](OC)C[C@@]1(C)O)C(=O)c1c(O)cc2c(c1C3=O)O[C@H]1O[C@@]2(C)[C@@H](O)[C@@H](N(C)C)[C@H]1O. The first-order chi connectivity index (χ1) is 20.1. The summed E-state index contributed by atoms with van der Waals surface area (Å²) in [6, 6.07) is 1.58. The number of ether oxygens (including phenoxy) is 4. The molecule has 2 heterocycles. The molecule has 2 aromatic carbocycles. The maximum absolute atomic E-state index is 14.3. The first-order valence-corrected chi connectivity index (χ1v) is 13.7. The Labute approximate surface area is 246 Å². The summed E-state index contributed by atoms with van der Waals surface area (Å²) in [6.07, 6.45) is -5.13. The number of rotatable bonds is 3. The third kappa shape index (κ3) is 3.76. The van der Waals surface area contributed by atoms with E-state index < -0.39 is 87.9 Å². The number of carbonyl (C=O) groups excluding carboxylic acids is 3. The van der Waals surface area contributed by atoms with Crippen molar-refractivity contribution >= 4 is 17.5 Å². The maximum atomic E-state index is 14.3. The molecule has 0 radical (unpaired) electrons. The van der Waals surface area contributed by atoms with Crippen molar-refractivity contribution in [3.05, 3.63) is 51.1 Å². The zero-order valence-corrected chi connectivity index (χ0v) is 24.4. The lowest BCUT2D eigenvalue weighted by molar-refractivity contribution is -0.311. The van der Waals surface area contributed by atoms with Crippen LogP contribution in [-0.2, 0) is 24.6 Å². The van der Waals surface area contributed by atoms with E-state index in [1.54, 1.807) is 19.0 Å². The number of carbonyl (C=O) groups is 3. The predicted molar refractivity (Wildman–Crippen MR) is 145 cm³/mol. The molecular formula is C30H33NO12. The molecule has 13 heteroatoms. The molecule has 0 unspecified atom stereocenters. The highest BCUT2D eigenvalue weighted by molar-refractivity contribution is 6.31. The molecule has 2 aliphatic heterocycles. The van der Waals surface area contributed by atoms with Crippen LogP contribution in [0.4, 0.5) is 0 Å². The number of methoxy groups -OCH3 is 2. The third-order valence-corrected chi connectivity index (χ3v) is 9.37. The van der Waals surface area contributed by atoms with Crippen molar-refractivity contribution in [3.63, 3.8) is 0 Å². The number of benzene rings is 2. The molecule has 6 rings (SSSR count). The second kappa shape index (κ2) is 9.45. The first kappa shape index (κ1) is 29.5. The van der Waals surface area contributed by atoms with Gasteiger partial charge in [0.25, 0.3) is 0 Å². The van der Waals surface area contributed by atoms with Gasteiger partial charge in [0.05, 0.1) is 41.5 Å². The summed E-state index contributed by atoms with van der Waals surface area (Å²) in [4.78, 5) is 42.8. The number of esters is 1. The number of hydrogen-bond acceptors (Lipinski definition) is 13. The van der Waals surface area contributed by atoms with E-state index in [1.807, 2.05) is 0 Å². The molecule has 1 fully saturated rings. The Morgan fingerprint density at radius 2 is 1.72 bits per heavy atom. The summed E-state index contributed by atoms with van der Waals surface area (Å²) < 4.78 is 22.4. The highest BCUT2D eigenvalue weighted by Gasteiger charge is 2.59. The van der Waals surface area contributed by atoms with Gasteiger partial charge in [0.15, 0.2) is 5.78 Å². The van der Waals surface area contributed by atoms with E-state index in [2.05, 4.69) is 0 Å². The topological polar surface area (TPSA) is 193 Å². The summed E-state index contributed by atoms with van der Waals surface area (Å²) in [6.45, 7) is 2.93. The Balaban J connectivity index is 1.61. The lowest BCUT2D eigenvalue weighted by Crippen LogP contribution is -2.68. The van der Waals surface area contributed by atoms with Gasteiger partial charge in [0.2, 0.25) is 12.1 Å². The fraction of sp³-hybridized carbons (Fsp3) is 0.500. The molecular weight excluding hydrogens is 566 g/mol. The summed E-state index contributed by atoms with van der Waals surface area (Å²) >= 11 is 0. The standard InChI is InChI=1S/C30H33NO12/c1-29(39)9-14(40-5)15-10(19(29)27(38)41-6)7-11-16(22(15)34)23(35)17-13(32)8-12-25(18(17)21(11)33)42-28-24(36)20(31(3)4)26(37)30(12,2)43-28/h7-8,14,19-20,24,26,28,32,34,36-37,39H,9H2,1-6H3/t14-,19-,20+,24-,26+,28+,29-,30-/m1/s1. The van der Waals surface area contributed by atoms with Gasteiger partial charge in [-0.1, -0.05) is 0 Å². The molecule has 13 nitrogen and oxygen atoms in total. The molecule has 43 heavy (non-hydrogen) atoms. The van der Waals surface area contributed by atoms with Crippen LogP contribution in [0.1, 0.15) is 80.8 Å². The zero-order chi connectivity index (χ0) is 31.5. The minimum atomic E-state index is -1.71. The summed E-state index contributed by atoms with van der Waals surface area (Å²) in [7, 11) is 5.79. The number of nitrogens with zero attached hydrogens (tertiary/aromatic N) is 1. The number of phenols is 2. The van der Waals surface area contributed by atoms with Crippen molar-refractivity contribution in [2.24, 2.45) is 0 Å². The Morgan fingerprint density at radius 1 is 1.05 bits per heavy atom. The van der Waals surface area contributed by atoms with Crippen LogP contribution >= 0.6 is 0 Å². The van der Waals surface area contributed by atoms with Crippen LogP contribution in [0.3, 0.4) is 0 Å². The highest BCUT2D eigenvalue weighted by atomic mass is 16.7. The average molecular weight is 600 g/mol. The van der Waals surface area contributed by atoms with Crippen LogP contribution in [0.5, 0.6) is 17.2 Å². The van der Waals surface area contributed by atoms with Crippen LogP contribution in [-0.4, -0.2) is 106 Å². The smallest absolute Gasteiger partial charge is 0.316 e. The number of aliphatic hydroxyl groups excluding tert-OH is 2. The molecule has 0 spiro atoms. The van der Waals surface area contributed by atoms with Gasteiger partial charge in [0, 0.05) is 30.2 Å². The second-order valence-electron chi connectivity index (χ2n) is 12.2. The van der Waals surface area contributed by atoms with E-state index in [4.69, 9.17) is 18.9 Å². The Morgan fingerprint density at radius 3 is 2.33 bits per heavy atom. The largest absolute Gasteiger partial charge is 0.507 e. The number of likely N-dealkylation sites (N-methyl/N-ethyl adjacent to an activating group) is 1. The van der Waals surface area contributed by atoms with E-state index in [1.165, 1.54) is 33.1 Å². The van der Waals surface area contributed by atoms with Crippen LogP contribution < -0.4 is 4.74 Å². The predicted octanol–water partition coefficient (Wildman–Crippen LogP) is 0.588. The van der Waals surface area contributed by atoms with Gasteiger partial charge in [-0.05, 0) is 45.6 Å². The zero-order valence-electron chi connectivity index (χ0n) is 24.4. The Bertz CT molecular complexity index is 1600. The van der Waals surface area contributed by atoms with Crippen LogP contribution in [0.25, 0.3) is 0 Å². The summed E-state index contributed by atoms with van der Waals surface area (Å²) in [5.41, 5.74) is -4.63. The van der Waals surface area contributed by atoms with Gasteiger partial charge in [-0.3, -0.25) is 14.4 Å². The molecule has 230 valence electrons. The first-order valence-electron chi connectivity index (χ1n) is 13.7. The van der Waals surface area contributed by atoms with E-state index in [0.717, 1.165) is 7.11 Å². The van der Waals surface area contributed by atoms with Crippen LogP contribution in [0, 0.1) is 0 Å². The molecule has 8 atom stereocenters. The van der Waals surface area contributed by atoms with Gasteiger partial charge in [0.1, 0.15) is 41.0 Å². The lowest BCUT2D eigenvalue weighted by atomic mass is 9.68. The molecule has 0 aromatic heterocycles. The number of ketones is 2. The van der Waals surface area contributed by atoms with Crippen molar-refractivity contribution in [1.82, 2.24) is 4.90 Å². The average Bonchev–Trinajstić information content (AvgIpc) is 2.93. The molecule has 2 aliphatic carbocycles. The van der Waals surface area contributed by atoms with Crippen molar-refractivity contribution in [2.75, 3.05) is 28.3 Å². The van der Waals surface area contributed by atoms with Crippen molar-refractivity contribution < 1.29 is 58.9 Å². The quantitative estimate of drug-likeness (QED) is 0.263. The number of aliphatic hydroxyl groups is 3. The molecule has 2 aromatic rings. The fourth-order valence-corrected chi connectivity index (χ4v) is 7.24. The van der Waals surface area contributed by atoms with Gasteiger partial charge >= 0.3 is 5.97 Å². The summed E-state index contributed by atoms with van der Waals surface area (Å²) in [5.74, 6) is -5.32. The highest BCUT2D eigenvalue weighted by Crippen LogP contribution is 2.55. The molecule has 0 saturated carbocycles. The molecule has 1 saturated heterocycles. The van der Waals surface area contributed by atoms with Crippen molar-refractivity contribution in [3.8, 4) is 17.2 Å². The normalized spacial score (nSPS) is 34.1. The lowest BCUT2D eigenvalue weighted by Gasteiger charge is -2.53. The third-order valence-electron chi connectivity index (χ3n) is 9.37. The van der Waals surface area contributed by atoms with E-state index in [0.29, 0.717) is 0 Å². The van der Waals surface area contributed by atoms with Gasteiger partial charge in [-0.2, -0.15) is 0 Å². The number of fused-ring (bicyclic) bond motifs is 8. The molecule has 4 aliphatic rings. The minimum absolute atomic E-state index is 0.0394. The van der Waals surface area contributed by atoms with Crippen LogP contribution in [0.2, 0.25) is 0 Å². The Kier molecular flexibility index (Phi) is 6.48. The van der Waals surface area contributed by atoms with E-state index >= 15 is 0 Å². The molecule has 2 bridgehead atoms. The van der Waals surface area contributed by atoms with Gasteiger partial charge in [-0.15, -0.1) is 0 Å². The van der Waals surface area contributed by atoms with E-state index in [-0.39, 0.29) is 40.0 Å². The Hall–Kier alpha value is -3.59. The van der Waals surface area contributed by atoms with Crippen molar-refractivity contribution in [1.29, 1.82) is 0 Å². The van der Waals surface area contributed by atoms with Gasteiger partial charge < -0.3 is 49.4 Å². The summed E-state index contributed by atoms with van der Waals surface area (Å²) in [5, 5.41) is 56.3. The van der Waals surface area contributed by atoms with E-state index in [9.17, 15) is 39.9 Å². The monoisotopic (exact) mass is 599 g/mol. The van der Waals surface area contributed by atoms with Gasteiger partial charge in [-0.25, -0.2) is 0 Å². The number of phenolic OH excluding ortho intramolecular Hbond substituents is 2. The second-order valence-corrected chi connectivity index (χ2v) is 12.2. The maximum Gasteiger partial charge on any atom is 0.316 e. The molecule has 5 N–H and O–H groups in total. The van der Waals surface area contributed by atoms with Crippen molar-refractivity contribution in [2.45, 2.75) is 68.0 Å². The number of hydrogen-bond donors (Lipinski definition) is 5. The number of aromatic hydroxyl groups is 2. The van der Waals surface area contributed by atoms with Crippen LogP contribution in [0.15, 0.2) is 12.1 Å². The molecule has 0 amide bonds. The fourth-order valence-electron chi connectivity index (χ4n) is 7.24. The minimum Gasteiger partial charge on any atom is -0.507 e.